The van der Waals surface area contributed by atoms with Crippen LogP contribution in [0.25, 0.3) is 0 Å². The zero-order valence-electron chi connectivity index (χ0n) is 20.3. The van der Waals surface area contributed by atoms with Gasteiger partial charge in [0, 0.05) is 49.3 Å². The van der Waals surface area contributed by atoms with Crippen molar-refractivity contribution < 1.29 is 37.1 Å². The summed E-state index contributed by atoms with van der Waals surface area (Å²) < 4.78 is 54.1. The first kappa shape index (κ1) is 26.4. The molecule has 3 amide bonds. The van der Waals surface area contributed by atoms with Gasteiger partial charge in [-0.05, 0) is 43.0 Å². The zero-order valence-corrected chi connectivity index (χ0v) is 20.3. The molecule has 2 fully saturated rings. The van der Waals surface area contributed by atoms with E-state index in [9.17, 15) is 32.7 Å². The molecular weight excluding hydrogens is 505 g/mol. The second-order valence-corrected chi connectivity index (χ2v) is 10.1. The van der Waals surface area contributed by atoms with E-state index in [4.69, 9.17) is 7.85 Å². The second kappa shape index (κ2) is 9.20. The van der Waals surface area contributed by atoms with Gasteiger partial charge >= 0.3 is 6.18 Å². The quantitative estimate of drug-likeness (QED) is 0.361. The molecule has 2 N–H and O–H groups in total. The van der Waals surface area contributed by atoms with Gasteiger partial charge in [-0.1, -0.05) is 18.2 Å². The number of halogens is 4. The van der Waals surface area contributed by atoms with Crippen LogP contribution in [0.4, 0.5) is 17.6 Å². The monoisotopic (exact) mass is 529 g/mol. The van der Waals surface area contributed by atoms with E-state index in [0.29, 0.717) is 25.2 Å². The number of alkyl halides is 3. The maximum atomic E-state index is 15.7. The summed E-state index contributed by atoms with van der Waals surface area (Å²) in [6, 6.07) is 7.67. The number of piperidine rings is 2. The Hall–Kier alpha value is -3.25. The first-order valence-electron chi connectivity index (χ1n) is 12.2. The summed E-state index contributed by atoms with van der Waals surface area (Å²) in [7, 11) is 6.21. The number of aliphatic hydroxyl groups is 1. The maximum Gasteiger partial charge on any atom is 0.416 e. The molecule has 3 aliphatic rings. The van der Waals surface area contributed by atoms with E-state index in [1.165, 1.54) is 24.3 Å². The lowest BCUT2D eigenvalue weighted by Gasteiger charge is -2.40. The van der Waals surface area contributed by atoms with Gasteiger partial charge < -0.3 is 10.0 Å². The van der Waals surface area contributed by atoms with E-state index >= 15 is 4.39 Å². The fraction of sp³-hybridized carbons (Fsp3) is 0.423. The minimum atomic E-state index is -4.41. The van der Waals surface area contributed by atoms with Crippen LogP contribution in [0.15, 0.2) is 36.4 Å². The number of hydrogen-bond acceptors (Lipinski definition) is 5. The molecule has 1 atom stereocenters. The summed E-state index contributed by atoms with van der Waals surface area (Å²) in [5.74, 6) is -2.70. The summed E-state index contributed by atoms with van der Waals surface area (Å²) >= 11 is 0. The molecule has 1 unspecified atom stereocenters. The molecule has 5 rings (SSSR count). The Morgan fingerprint density at radius 3 is 2.26 bits per heavy atom. The second-order valence-electron chi connectivity index (χ2n) is 10.1. The first-order valence-corrected chi connectivity index (χ1v) is 12.2. The van der Waals surface area contributed by atoms with Crippen molar-refractivity contribution in [3.63, 3.8) is 0 Å². The van der Waals surface area contributed by atoms with Gasteiger partial charge in [-0.2, -0.15) is 13.2 Å². The van der Waals surface area contributed by atoms with Crippen molar-refractivity contribution in [3.05, 3.63) is 70.0 Å². The van der Waals surface area contributed by atoms with E-state index in [0.717, 1.165) is 17.0 Å². The molecule has 3 aliphatic heterocycles. The van der Waals surface area contributed by atoms with Crippen LogP contribution in [0, 0.1) is 5.82 Å². The zero-order chi connectivity index (χ0) is 27.5. The average Bonchev–Trinajstić information content (AvgIpc) is 3.21. The van der Waals surface area contributed by atoms with Crippen molar-refractivity contribution in [2.24, 2.45) is 0 Å². The number of nitrogens with zero attached hydrogens (tertiary/aromatic N) is 2. The molecule has 0 spiro atoms. The summed E-state index contributed by atoms with van der Waals surface area (Å²) in [6.07, 6.45) is -4.21. The van der Waals surface area contributed by atoms with Gasteiger partial charge in [-0.25, -0.2) is 4.39 Å². The number of hydrogen-bond donors (Lipinski definition) is 2. The Morgan fingerprint density at radius 1 is 1.00 bits per heavy atom. The molecule has 0 aromatic heterocycles. The van der Waals surface area contributed by atoms with Gasteiger partial charge in [0.25, 0.3) is 5.91 Å². The fourth-order valence-electron chi connectivity index (χ4n) is 5.41. The highest BCUT2D eigenvalue weighted by Gasteiger charge is 2.49. The van der Waals surface area contributed by atoms with E-state index in [1.54, 1.807) is 0 Å². The Morgan fingerprint density at radius 2 is 1.66 bits per heavy atom. The lowest BCUT2D eigenvalue weighted by atomic mass is 9.70. The molecule has 7 nitrogen and oxygen atoms in total. The number of carbonyl (C=O) groups excluding carboxylic acids is 3. The van der Waals surface area contributed by atoms with Crippen LogP contribution in [0.2, 0.25) is 0 Å². The van der Waals surface area contributed by atoms with Crippen molar-refractivity contribution in [1.29, 1.82) is 0 Å². The highest BCUT2D eigenvalue weighted by atomic mass is 19.4. The number of amides is 3. The molecule has 0 aliphatic carbocycles. The van der Waals surface area contributed by atoms with Gasteiger partial charge in [0.1, 0.15) is 13.7 Å². The predicted molar refractivity (Wildman–Crippen MR) is 127 cm³/mol. The molecule has 12 heteroatoms. The van der Waals surface area contributed by atoms with Crippen LogP contribution in [-0.2, 0) is 34.5 Å². The normalized spacial score (nSPS) is 23.9. The number of imide groups is 1. The predicted octanol–water partition coefficient (Wildman–Crippen LogP) is 2.59. The average molecular weight is 529 g/mol. The van der Waals surface area contributed by atoms with Crippen LogP contribution >= 0.6 is 0 Å². The van der Waals surface area contributed by atoms with Crippen LogP contribution in [0.5, 0.6) is 0 Å². The molecule has 2 aromatic carbocycles. The molecular formula is C26H24BF4N3O4. The summed E-state index contributed by atoms with van der Waals surface area (Å²) in [5, 5.41) is 13.5. The minimum absolute atomic E-state index is 0.0302. The Kier molecular flexibility index (Phi) is 6.38. The first-order chi connectivity index (χ1) is 17.8. The van der Waals surface area contributed by atoms with Crippen LogP contribution in [0.1, 0.15) is 58.3 Å². The van der Waals surface area contributed by atoms with Crippen molar-refractivity contribution in [3.8, 4) is 0 Å². The Labute approximate surface area is 217 Å². The number of likely N-dealkylation sites (tertiary alicyclic amines) is 1. The molecule has 198 valence electrons. The van der Waals surface area contributed by atoms with Gasteiger partial charge in [-0.3, -0.25) is 24.6 Å². The van der Waals surface area contributed by atoms with Crippen molar-refractivity contribution >= 4 is 25.6 Å². The minimum Gasteiger partial charge on any atom is -0.385 e. The standard InChI is InChI=1S/C26H24BF4N3O4/c27-25(8-7-20(35)32-23(25)37)34-14-18-17(22(34)36)5-6-19(21(18)28)24(38)9-11-33(12-10-24)13-15-1-3-16(4-2-15)26(29,30)31/h1-6,38H,7-14H2,(H,32,35,37). The topological polar surface area (TPSA) is 89.9 Å². The van der Waals surface area contributed by atoms with Gasteiger partial charge in [0.05, 0.1) is 16.6 Å². The third kappa shape index (κ3) is 4.49. The summed E-state index contributed by atoms with van der Waals surface area (Å²) in [4.78, 5) is 40.0. The molecule has 2 saturated heterocycles. The molecule has 2 aromatic rings. The van der Waals surface area contributed by atoms with Gasteiger partial charge in [0.15, 0.2) is 0 Å². The van der Waals surface area contributed by atoms with Crippen molar-refractivity contribution in [2.75, 3.05) is 13.1 Å². The fourth-order valence-corrected chi connectivity index (χ4v) is 5.41. The van der Waals surface area contributed by atoms with Crippen LogP contribution in [-0.4, -0.2) is 59.0 Å². The number of carbonyl (C=O) groups is 3. The third-order valence-corrected chi connectivity index (χ3v) is 7.77. The van der Waals surface area contributed by atoms with Gasteiger partial charge in [0.2, 0.25) is 11.8 Å². The largest absolute Gasteiger partial charge is 0.416 e. The van der Waals surface area contributed by atoms with Gasteiger partial charge in [-0.15, -0.1) is 0 Å². The summed E-state index contributed by atoms with van der Waals surface area (Å²) in [5.41, 5.74) is -3.23. The van der Waals surface area contributed by atoms with E-state index in [2.05, 4.69) is 5.32 Å². The smallest absolute Gasteiger partial charge is 0.385 e. The molecule has 3 heterocycles. The SMILES string of the molecule is [B]C1(N2Cc3c(ccc(C4(O)CCN(Cc5ccc(C(F)(F)F)cc5)CC4)c3F)C2=O)CCC(=O)NC1=O. The summed E-state index contributed by atoms with van der Waals surface area (Å²) in [6.45, 7) is 0.855. The Balaban J connectivity index is 1.29. The molecule has 38 heavy (non-hydrogen) atoms. The third-order valence-electron chi connectivity index (χ3n) is 7.77. The van der Waals surface area contributed by atoms with E-state index < -0.39 is 46.3 Å². The maximum absolute atomic E-state index is 15.7. The molecule has 2 radical (unpaired) electrons. The number of nitrogens with one attached hydrogen (secondary N) is 1. The molecule has 0 bridgehead atoms. The van der Waals surface area contributed by atoms with E-state index in [1.807, 2.05) is 4.90 Å². The molecule has 0 saturated carbocycles. The highest BCUT2D eigenvalue weighted by Crippen LogP contribution is 2.40. The van der Waals surface area contributed by atoms with Crippen molar-refractivity contribution in [2.45, 2.75) is 56.0 Å². The van der Waals surface area contributed by atoms with E-state index in [-0.39, 0.29) is 48.9 Å². The number of benzene rings is 2. The number of rotatable bonds is 4. The highest BCUT2D eigenvalue weighted by molar-refractivity contribution is 6.32. The lowest BCUT2D eigenvalue weighted by Crippen LogP contribution is -2.63. The Bertz CT molecular complexity index is 1310. The lowest BCUT2D eigenvalue weighted by molar-refractivity contribution is -0.139. The van der Waals surface area contributed by atoms with Crippen LogP contribution < -0.4 is 5.32 Å². The van der Waals surface area contributed by atoms with Crippen molar-refractivity contribution in [1.82, 2.24) is 15.1 Å². The number of fused-ring (bicyclic) bond motifs is 1. The van der Waals surface area contributed by atoms with Crippen LogP contribution in [0.3, 0.4) is 0 Å².